The lowest BCUT2D eigenvalue weighted by Gasteiger charge is -2.24. The van der Waals surface area contributed by atoms with Crippen LogP contribution in [0.15, 0.2) is 0 Å². The van der Waals surface area contributed by atoms with Crippen LogP contribution in [-0.4, -0.2) is 124 Å². The average Bonchev–Trinajstić information content (AvgIpc) is 3.16. The van der Waals surface area contributed by atoms with Crippen molar-refractivity contribution in [3.8, 4) is 0 Å². The summed E-state index contributed by atoms with van der Waals surface area (Å²) in [6.45, 7) is 13.4. The summed E-state index contributed by atoms with van der Waals surface area (Å²) in [6.07, 6.45) is 18.0. The highest BCUT2D eigenvalue weighted by Gasteiger charge is 2.27. The number of carbonyl (C=O) groups is 6. The summed E-state index contributed by atoms with van der Waals surface area (Å²) < 4.78 is 32.0. The molecular weight excluding hydrogens is 791 g/mol. The minimum absolute atomic E-state index is 0.0660. The van der Waals surface area contributed by atoms with Crippen LogP contribution in [0.1, 0.15) is 170 Å². The SMILES string of the molecule is CC(C)(C)OC(=O)CCCCCCCCCCCCCCCCC(=O)NC(CCC(=O)NCCCOCCOCCOCCCNC(=O)COCC(=O)O)C(=O)OC(C)(C)C. The fraction of sp³-hybridized carbons (Fsp3) is 0.867. The molecule has 0 rings (SSSR count). The number of esters is 2. The Balaban J connectivity index is 3.94. The predicted molar refractivity (Wildman–Crippen MR) is 233 cm³/mol. The molecular formula is C45H83N3O13. The molecule has 0 radical (unpaired) electrons. The van der Waals surface area contributed by atoms with Gasteiger partial charge in [-0.05, 0) is 73.6 Å². The van der Waals surface area contributed by atoms with Gasteiger partial charge in [-0.25, -0.2) is 9.59 Å². The maximum atomic E-state index is 12.9. The lowest BCUT2D eigenvalue weighted by molar-refractivity contribution is -0.159. The first kappa shape index (κ1) is 57.7. The second-order valence-corrected chi connectivity index (χ2v) is 17.4. The van der Waals surface area contributed by atoms with Gasteiger partial charge in [0.1, 0.15) is 30.5 Å². The van der Waals surface area contributed by atoms with Gasteiger partial charge in [0.2, 0.25) is 17.7 Å². The smallest absolute Gasteiger partial charge is 0.329 e. The molecule has 1 unspecified atom stereocenters. The van der Waals surface area contributed by atoms with Crippen LogP contribution in [0.25, 0.3) is 0 Å². The number of rotatable bonds is 40. The highest BCUT2D eigenvalue weighted by molar-refractivity contribution is 5.85. The van der Waals surface area contributed by atoms with Gasteiger partial charge in [0.15, 0.2) is 0 Å². The average molecular weight is 874 g/mol. The number of ether oxygens (including phenoxy) is 6. The highest BCUT2D eigenvalue weighted by atomic mass is 16.6. The van der Waals surface area contributed by atoms with Crippen LogP contribution >= 0.6 is 0 Å². The van der Waals surface area contributed by atoms with Gasteiger partial charge in [-0.2, -0.15) is 0 Å². The lowest BCUT2D eigenvalue weighted by Crippen LogP contribution is -2.44. The van der Waals surface area contributed by atoms with Crippen molar-refractivity contribution in [1.82, 2.24) is 16.0 Å². The lowest BCUT2D eigenvalue weighted by atomic mass is 10.0. The van der Waals surface area contributed by atoms with E-state index < -0.39 is 35.8 Å². The molecule has 0 heterocycles. The van der Waals surface area contributed by atoms with E-state index in [4.69, 9.17) is 33.5 Å². The second kappa shape index (κ2) is 37.2. The van der Waals surface area contributed by atoms with E-state index in [0.29, 0.717) is 78.4 Å². The quantitative estimate of drug-likeness (QED) is 0.0391. The molecule has 0 bridgehead atoms. The fourth-order valence-corrected chi connectivity index (χ4v) is 5.95. The summed E-state index contributed by atoms with van der Waals surface area (Å²) >= 11 is 0. The van der Waals surface area contributed by atoms with Crippen LogP contribution < -0.4 is 16.0 Å². The largest absolute Gasteiger partial charge is 0.480 e. The van der Waals surface area contributed by atoms with E-state index in [1.807, 2.05) is 20.8 Å². The Labute approximate surface area is 366 Å². The van der Waals surface area contributed by atoms with Gasteiger partial charge >= 0.3 is 17.9 Å². The van der Waals surface area contributed by atoms with E-state index in [9.17, 15) is 28.8 Å². The number of aliphatic carboxylic acids is 1. The molecule has 3 amide bonds. The van der Waals surface area contributed by atoms with Gasteiger partial charge in [-0.3, -0.25) is 19.2 Å². The molecule has 16 heteroatoms. The molecule has 0 saturated heterocycles. The minimum Gasteiger partial charge on any atom is -0.480 e. The summed E-state index contributed by atoms with van der Waals surface area (Å²) in [6, 6.07) is -0.901. The van der Waals surface area contributed by atoms with E-state index in [1.165, 1.54) is 51.4 Å². The number of carbonyl (C=O) groups excluding carboxylic acids is 5. The van der Waals surface area contributed by atoms with Crippen molar-refractivity contribution in [2.45, 2.75) is 187 Å². The standard InChI is InChI=1S/C45H83N3O13/c1-44(2,3)60-42(54)24-20-18-16-14-12-10-8-7-9-11-13-15-17-19-23-39(50)48-37(43(55)61-45(4,5)6)25-26-38(49)46-27-21-29-56-31-33-58-34-32-57-30-22-28-47-40(51)35-59-36-41(52)53/h37H,7-36H2,1-6H3,(H,46,49)(H,47,51)(H,48,50)(H,52,53). The van der Waals surface area contributed by atoms with Crippen molar-refractivity contribution >= 4 is 35.6 Å². The predicted octanol–water partition coefficient (Wildman–Crippen LogP) is 6.34. The molecule has 16 nitrogen and oxygen atoms in total. The third-order valence-electron chi connectivity index (χ3n) is 8.92. The Morgan fingerprint density at radius 3 is 1.34 bits per heavy atom. The van der Waals surface area contributed by atoms with Crippen LogP contribution in [-0.2, 0) is 57.2 Å². The summed E-state index contributed by atoms with van der Waals surface area (Å²) in [7, 11) is 0. The van der Waals surface area contributed by atoms with E-state index in [0.717, 1.165) is 38.5 Å². The van der Waals surface area contributed by atoms with Crippen LogP contribution in [0.3, 0.4) is 0 Å². The zero-order valence-electron chi connectivity index (χ0n) is 38.6. The highest BCUT2D eigenvalue weighted by Crippen LogP contribution is 2.16. The summed E-state index contributed by atoms with van der Waals surface area (Å²) in [5.41, 5.74) is -1.13. The molecule has 0 aliphatic heterocycles. The topological polar surface area (TPSA) is 214 Å². The fourth-order valence-electron chi connectivity index (χ4n) is 5.95. The molecule has 0 saturated carbocycles. The maximum absolute atomic E-state index is 12.9. The Kier molecular flexibility index (Phi) is 35.2. The van der Waals surface area contributed by atoms with Crippen molar-refractivity contribution in [2.75, 3.05) is 65.9 Å². The third kappa shape index (κ3) is 43.1. The van der Waals surface area contributed by atoms with Gasteiger partial charge < -0.3 is 49.5 Å². The minimum atomic E-state index is -1.13. The number of nitrogens with one attached hydrogen (secondary N) is 3. The number of unbranched alkanes of at least 4 members (excludes halogenated alkanes) is 13. The maximum Gasteiger partial charge on any atom is 0.329 e. The zero-order valence-corrected chi connectivity index (χ0v) is 38.6. The molecule has 0 spiro atoms. The van der Waals surface area contributed by atoms with E-state index >= 15 is 0 Å². The number of amides is 3. The van der Waals surface area contributed by atoms with Gasteiger partial charge in [0, 0.05) is 45.6 Å². The summed E-state index contributed by atoms with van der Waals surface area (Å²) in [5.74, 6) is -2.59. The van der Waals surface area contributed by atoms with Crippen molar-refractivity contribution in [2.24, 2.45) is 0 Å². The number of hydrogen-bond acceptors (Lipinski definition) is 12. The molecule has 0 aromatic carbocycles. The second-order valence-electron chi connectivity index (χ2n) is 17.4. The molecule has 0 fully saturated rings. The molecule has 4 N–H and O–H groups in total. The first-order chi connectivity index (χ1) is 29.0. The monoisotopic (exact) mass is 874 g/mol. The molecule has 0 aromatic rings. The van der Waals surface area contributed by atoms with E-state index in [-0.39, 0.29) is 43.1 Å². The molecule has 61 heavy (non-hydrogen) atoms. The first-order valence-electron chi connectivity index (χ1n) is 22.8. The van der Waals surface area contributed by atoms with Crippen LogP contribution in [0.2, 0.25) is 0 Å². The Bertz CT molecular complexity index is 1190. The van der Waals surface area contributed by atoms with Crippen molar-refractivity contribution in [3.05, 3.63) is 0 Å². The van der Waals surface area contributed by atoms with Crippen LogP contribution in [0.4, 0.5) is 0 Å². The first-order valence-corrected chi connectivity index (χ1v) is 22.8. The van der Waals surface area contributed by atoms with Crippen LogP contribution in [0, 0.1) is 0 Å². The molecule has 1 atom stereocenters. The van der Waals surface area contributed by atoms with Gasteiger partial charge in [0.25, 0.3) is 0 Å². The molecule has 356 valence electrons. The zero-order chi connectivity index (χ0) is 45.6. The van der Waals surface area contributed by atoms with Crippen molar-refractivity contribution in [3.63, 3.8) is 0 Å². The summed E-state index contributed by atoms with van der Waals surface area (Å²) in [5, 5.41) is 16.7. The molecule has 0 aliphatic rings. The summed E-state index contributed by atoms with van der Waals surface area (Å²) in [4.78, 5) is 71.8. The van der Waals surface area contributed by atoms with E-state index in [1.54, 1.807) is 20.8 Å². The van der Waals surface area contributed by atoms with Gasteiger partial charge in [0.05, 0.1) is 26.4 Å². The van der Waals surface area contributed by atoms with Crippen molar-refractivity contribution < 1.29 is 62.3 Å². The van der Waals surface area contributed by atoms with Crippen LogP contribution in [0.5, 0.6) is 0 Å². The normalized spacial score (nSPS) is 12.1. The Hall–Kier alpha value is -3.34. The number of carboxylic acids is 1. The molecule has 0 aromatic heterocycles. The van der Waals surface area contributed by atoms with Gasteiger partial charge in [-0.15, -0.1) is 0 Å². The van der Waals surface area contributed by atoms with Gasteiger partial charge in [-0.1, -0.05) is 77.0 Å². The Morgan fingerprint density at radius 2 is 0.885 bits per heavy atom. The Morgan fingerprint density at radius 1 is 0.459 bits per heavy atom. The van der Waals surface area contributed by atoms with E-state index in [2.05, 4.69) is 16.0 Å². The number of hydrogen-bond donors (Lipinski definition) is 4. The number of carboxylic acid groups (broad SMARTS) is 1. The van der Waals surface area contributed by atoms with Crippen molar-refractivity contribution in [1.29, 1.82) is 0 Å². The third-order valence-corrected chi connectivity index (χ3v) is 8.92. The molecule has 0 aliphatic carbocycles.